The monoisotopic (exact) mass is 459 g/mol. The van der Waals surface area contributed by atoms with Gasteiger partial charge in [-0.05, 0) is 44.1 Å². The van der Waals surface area contributed by atoms with Crippen LogP contribution in [0.15, 0.2) is 30.3 Å². The Morgan fingerprint density at radius 1 is 1.16 bits per heavy atom. The zero-order valence-corrected chi connectivity index (χ0v) is 18.3. The lowest BCUT2D eigenvalue weighted by Gasteiger charge is -2.28. The molecule has 0 atom stereocenters. The smallest absolute Gasteiger partial charge is 0.296 e. The average Bonchev–Trinajstić information content (AvgIpc) is 3.21. The molecule has 1 aromatic carbocycles. The number of aromatic nitrogens is 3. The first-order chi connectivity index (χ1) is 15.7. The number of morpholine rings is 1. The van der Waals surface area contributed by atoms with Gasteiger partial charge in [-0.1, -0.05) is 23.7 Å². The summed E-state index contributed by atoms with van der Waals surface area (Å²) in [7, 11) is 0. The number of nitrogens with one attached hydrogen (secondary N) is 2. The normalized spacial score (nSPS) is 17.0. The van der Waals surface area contributed by atoms with Crippen LogP contribution >= 0.6 is 11.6 Å². The van der Waals surface area contributed by atoms with Crippen LogP contribution in [0.3, 0.4) is 0 Å². The molecule has 0 amide bonds. The molecule has 10 heteroatoms. The van der Waals surface area contributed by atoms with Crippen LogP contribution in [0.4, 0.5) is 5.69 Å². The highest BCUT2D eigenvalue weighted by Crippen LogP contribution is 2.31. The van der Waals surface area contributed by atoms with E-state index >= 15 is 0 Å². The van der Waals surface area contributed by atoms with Gasteiger partial charge in [0, 0.05) is 24.3 Å². The van der Waals surface area contributed by atoms with Gasteiger partial charge in [0.25, 0.3) is 12.5 Å². The number of hydrogen-bond donors (Lipinski definition) is 3. The van der Waals surface area contributed by atoms with Gasteiger partial charge >= 0.3 is 0 Å². The number of H-pyrrole nitrogens is 1. The number of aromatic amines is 1. The van der Waals surface area contributed by atoms with Crippen molar-refractivity contribution in [2.75, 3.05) is 44.3 Å². The molecule has 2 aliphatic rings. The maximum absolute atomic E-state index is 8.36. The van der Waals surface area contributed by atoms with Gasteiger partial charge in [0.1, 0.15) is 6.10 Å². The highest BCUT2D eigenvalue weighted by molar-refractivity contribution is 6.33. The van der Waals surface area contributed by atoms with E-state index in [1.165, 1.54) is 5.69 Å². The first kappa shape index (κ1) is 22.3. The molecule has 2 saturated heterocycles. The van der Waals surface area contributed by atoms with Crippen molar-refractivity contribution in [2.45, 2.75) is 18.9 Å². The summed E-state index contributed by atoms with van der Waals surface area (Å²) < 4.78 is 11.4. The fourth-order valence-electron chi connectivity index (χ4n) is 3.88. The van der Waals surface area contributed by atoms with Gasteiger partial charge < -0.3 is 29.8 Å². The van der Waals surface area contributed by atoms with Gasteiger partial charge in [-0.15, -0.1) is 0 Å². The molecule has 32 heavy (non-hydrogen) atoms. The number of nitrogens with zero attached hydrogens (tertiary/aromatic N) is 3. The van der Waals surface area contributed by atoms with Gasteiger partial charge in [-0.25, -0.2) is 4.98 Å². The number of halogens is 1. The molecule has 5 rings (SSSR count). The van der Waals surface area contributed by atoms with E-state index in [4.69, 9.17) is 36.0 Å². The van der Waals surface area contributed by atoms with Crippen LogP contribution in [0.2, 0.25) is 5.02 Å². The van der Waals surface area contributed by atoms with Crippen molar-refractivity contribution in [1.82, 2.24) is 20.3 Å². The molecule has 0 saturated carbocycles. The second kappa shape index (κ2) is 10.6. The number of ether oxygens (including phenoxy) is 2. The molecule has 2 aliphatic heterocycles. The Balaban J connectivity index is 0.000000775. The maximum atomic E-state index is 8.36. The minimum atomic E-state index is -0.250. The number of hydrogen-bond acceptors (Lipinski definition) is 7. The predicted molar refractivity (Wildman–Crippen MR) is 123 cm³/mol. The molecule has 9 nitrogen and oxygen atoms in total. The second-order valence-corrected chi connectivity index (χ2v) is 7.96. The van der Waals surface area contributed by atoms with E-state index in [2.05, 4.69) is 44.5 Å². The van der Waals surface area contributed by atoms with Crippen molar-refractivity contribution in [1.29, 1.82) is 0 Å². The second-order valence-electron chi connectivity index (χ2n) is 7.55. The molecule has 0 unspecified atom stereocenters. The average molecular weight is 460 g/mol. The zero-order valence-electron chi connectivity index (χ0n) is 17.6. The molecule has 3 N–H and O–H groups in total. The molecule has 170 valence electrons. The fraction of sp³-hybridized carbons (Fsp3) is 0.409. The molecule has 0 aliphatic carbocycles. The third-order valence-electron chi connectivity index (χ3n) is 5.49. The number of carbonyl (C=O) groups is 1. The van der Waals surface area contributed by atoms with E-state index in [9.17, 15) is 0 Å². The largest absolute Gasteiger partial charge is 0.483 e. The Bertz CT molecular complexity index is 1030. The molecule has 3 aromatic rings. The minimum absolute atomic E-state index is 0.180. The highest BCUT2D eigenvalue weighted by atomic mass is 35.5. The van der Waals surface area contributed by atoms with Crippen LogP contribution in [0.5, 0.6) is 6.01 Å². The molecular formula is C22H26ClN5O4. The number of anilines is 1. The van der Waals surface area contributed by atoms with E-state index in [1.807, 2.05) is 6.07 Å². The van der Waals surface area contributed by atoms with Crippen LogP contribution in [0, 0.1) is 0 Å². The number of rotatable bonds is 4. The van der Waals surface area contributed by atoms with E-state index < -0.39 is 0 Å². The fourth-order valence-corrected chi connectivity index (χ4v) is 4.14. The molecule has 0 bridgehead atoms. The number of fused-ring (bicyclic) bond motifs is 1. The molecule has 2 aromatic heterocycles. The number of imidazole rings is 1. The van der Waals surface area contributed by atoms with Crippen molar-refractivity contribution < 1.29 is 19.4 Å². The van der Waals surface area contributed by atoms with E-state index in [0.29, 0.717) is 16.7 Å². The summed E-state index contributed by atoms with van der Waals surface area (Å²) in [4.78, 5) is 23.1. The molecule has 0 spiro atoms. The molecular weight excluding hydrogens is 434 g/mol. The Labute approximate surface area is 190 Å². The Kier molecular flexibility index (Phi) is 7.41. The molecule has 0 radical (unpaired) electrons. The number of pyridine rings is 1. The van der Waals surface area contributed by atoms with Gasteiger partial charge in [0.05, 0.1) is 29.4 Å². The van der Waals surface area contributed by atoms with Gasteiger partial charge in [0.2, 0.25) is 0 Å². The summed E-state index contributed by atoms with van der Waals surface area (Å²) in [5.41, 5.74) is 4.29. The Morgan fingerprint density at radius 3 is 2.53 bits per heavy atom. The van der Waals surface area contributed by atoms with Crippen molar-refractivity contribution in [3.63, 3.8) is 0 Å². The number of piperidine rings is 1. The van der Waals surface area contributed by atoms with Crippen LogP contribution in [-0.4, -0.2) is 72.0 Å². The van der Waals surface area contributed by atoms with Crippen molar-refractivity contribution >= 4 is 34.9 Å². The molecule has 4 heterocycles. The summed E-state index contributed by atoms with van der Waals surface area (Å²) >= 11 is 6.54. The molecule has 2 fully saturated rings. The summed E-state index contributed by atoms with van der Waals surface area (Å²) in [5, 5.41) is 10.8. The topological polar surface area (TPSA) is 113 Å². The summed E-state index contributed by atoms with van der Waals surface area (Å²) in [6.07, 6.45) is 2.14. The lowest BCUT2D eigenvalue weighted by molar-refractivity contribution is -0.122. The van der Waals surface area contributed by atoms with Gasteiger partial charge in [0.15, 0.2) is 5.65 Å². The summed E-state index contributed by atoms with van der Waals surface area (Å²) in [6, 6.07) is 10.7. The van der Waals surface area contributed by atoms with E-state index in [1.54, 1.807) is 0 Å². The lowest BCUT2D eigenvalue weighted by atomic mass is 10.1. The third kappa shape index (κ3) is 5.29. The lowest BCUT2D eigenvalue weighted by Crippen LogP contribution is -2.36. The van der Waals surface area contributed by atoms with Crippen LogP contribution in [0.25, 0.3) is 22.4 Å². The number of carboxylic acid groups (broad SMARTS) is 1. The van der Waals surface area contributed by atoms with Crippen LogP contribution in [-0.2, 0) is 9.53 Å². The predicted octanol–water partition coefficient (Wildman–Crippen LogP) is 2.95. The van der Waals surface area contributed by atoms with Crippen molar-refractivity contribution in [2.24, 2.45) is 0 Å². The SMILES string of the molecule is Clc1cc2[nH]c(OC3CCNCC3)nc2nc1-c1ccc(N2CCOCC2)cc1.O=CO. The Hall–Kier alpha value is -2.88. The van der Waals surface area contributed by atoms with E-state index in [-0.39, 0.29) is 12.6 Å². The van der Waals surface area contributed by atoms with Gasteiger partial charge in [-0.3, -0.25) is 4.79 Å². The van der Waals surface area contributed by atoms with Crippen molar-refractivity contribution in [3.8, 4) is 17.3 Å². The zero-order chi connectivity index (χ0) is 22.3. The summed E-state index contributed by atoms with van der Waals surface area (Å²) in [6.45, 7) is 5.06. The first-order valence-electron chi connectivity index (χ1n) is 10.6. The minimum Gasteiger partial charge on any atom is -0.483 e. The number of benzene rings is 1. The van der Waals surface area contributed by atoms with Crippen LogP contribution < -0.4 is 15.0 Å². The van der Waals surface area contributed by atoms with Crippen LogP contribution in [0.1, 0.15) is 12.8 Å². The Morgan fingerprint density at radius 2 is 1.84 bits per heavy atom. The quantitative estimate of drug-likeness (QED) is 0.510. The summed E-state index contributed by atoms with van der Waals surface area (Å²) in [5.74, 6) is 0. The van der Waals surface area contributed by atoms with Gasteiger partial charge in [-0.2, -0.15) is 4.98 Å². The maximum Gasteiger partial charge on any atom is 0.296 e. The van der Waals surface area contributed by atoms with E-state index in [0.717, 1.165) is 69.0 Å². The van der Waals surface area contributed by atoms with Crippen molar-refractivity contribution in [3.05, 3.63) is 35.4 Å². The third-order valence-corrected chi connectivity index (χ3v) is 5.77. The first-order valence-corrected chi connectivity index (χ1v) is 11.0. The highest BCUT2D eigenvalue weighted by Gasteiger charge is 2.18. The standard InChI is InChI=1S/C21H24ClN5O2.CH2O2/c22-17-13-18-20(26-21(24-18)29-16-5-7-23-8-6-16)25-19(17)14-1-3-15(4-2-14)27-9-11-28-12-10-27;2-1-3/h1-4,13,16,23H,5-12H2,(H,24,25,26);1H,(H,2,3).